The van der Waals surface area contributed by atoms with Gasteiger partial charge in [0.05, 0.1) is 13.7 Å². The Morgan fingerprint density at radius 2 is 1.49 bits per heavy atom. The Bertz CT molecular complexity index is 913. The number of benzene rings is 2. The molecule has 35 heavy (non-hydrogen) atoms. The maximum atomic E-state index is 12.4. The van der Waals surface area contributed by atoms with Gasteiger partial charge in [0.2, 0.25) is 0 Å². The Labute approximate surface area is 208 Å². The topological polar surface area (TPSA) is 29.5 Å². The van der Waals surface area contributed by atoms with Crippen molar-refractivity contribution in [3.8, 4) is 5.75 Å². The number of aliphatic hydroxyl groups is 1. The second-order valence-corrected chi connectivity index (χ2v) is 15.5. The van der Waals surface area contributed by atoms with E-state index in [1.807, 2.05) is 0 Å². The molecule has 2 nitrogen and oxygen atoms in total. The third kappa shape index (κ3) is 6.51. The van der Waals surface area contributed by atoms with E-state index in [0.717, 1.165) is 18.8 Å². The molecule has 1 aliphatic heterocycles. The standard InChI is InChI=1S/C29H39F3O2Si/c1-2-3-7-20-35(27-8-5-4-6-9-27)21-16-24(17-22-35)23-14-18-28(33,19-15-23)25-10-12-26(13-11-25)34-29(30,31)32/h4-6,8-13,23-24,33H,2-3,7,14-22H2,1H3. The highest BCUT2D eigenvalue weighted by Gasteiger charge is 2.43. The monoisotopic (exact) mass is 504 g/mol. The summed E-state index contributed by atoms with van der Waals surface area (Å²) >= 11 is 0. The maximum absolute atomic E-state index is 12.4. The Morgan fingerprint density at radius 3 is 2.06 bits per heavy atom. The van der Waals surface area contributed by atoms with Gasteiger partial charge < -0.3 is 9.84 Å². The van der Waals surface area contributed by atoms with Crippen LogP contribution in [0.15, 0.2) is 54.6 Å². The molecule has 6 heteroatoms. The Balaban J connectivity index is 1.34. The smallest absolute Gasteiger partial charge is 0.406 e. The number of rotatable bonds is 8. The van der Waals surface area contributed by atoms with E-state index in [-0.39, 0.29) is 5.75 Å². The molecule has 2 aromatic carbocycles. The van der Waals surface area contributed by atoms with Crippen molar-refractivity contribution in [2.24, 2.45) is 11.8 Å². The van der Waals surface area contributed by atoms with Gasteiger partial charge in [0.1, 0.15) is 5.75 Å². The van der Waals surface area contributed by atoms with E-state index in [0.29, 0.717) is 24.3 Å². The van der Waals surface area contributed by atoms with Gasteiger partial charge >= 0.3 is 6.36 Å². The van der Waals surface area contributed by atoms with E-state index in [1.165, 1.54) is 62.4 Å². The van der Waals surface area contributed by atoms with Gasteiger partial charge in [0.15, 0.2) is 0 Å². The van der Waals surface area contributed by atoms with Gasteiger partial charge in [-0.25, -0.2) is 0 Å². The molecule has 0 aromatic heterocycles. The quantitative estimate of drug-likeness (QED) is 0.292. The summed E-state index contributed by atoms with van der Waals surface area (Å²) in [4.78, 5) is 0. The SMILES string of the molecule is CCCCC[Si]1(c2ccccc2)CCC(C2CCC(O)(c3ccc(OC(F)(F)F)cc3)CC2)CC1. The first kappa shape index (κ1) is 26.3. The fourth-order valence-corrected chi connectivity index (χ4v) is 12.0. The van der Waals surface area contributed by atoms with Crippen molar-refractivity contribution in [3.05, 3.63) is 60.2 Å². The lowest BCUT2D eigenvalue weighted by Crippen LogP contribution is -2.50. The molecule has 2 fully saturated rings. The number of alkyl halides is 3. The van der Waals surface area contributed by atoms with E-state index in [4.69, 9.17) is 0 Å². The molecular weight excluding hydrogens is 465 g/mol. The van der Waals surface area contributed by atoms with E-state index in [9.17, 15) is 18.3 Å². The second kappa shape index (κ2) is 11.1. The molecule has 0 bridgehead atoms. The minimum atomic E-state index is -4.70. The van der Waals surface area contributed by atoms with Crippen LogP contribution in [0.5, 0.6) is 5.75 Å². The Kier molecular flexibility index (Phi) is 8.32. The molecule has 0 atom stereocenters. The molecule has 0 spiro atoms. The van der Waals surface area contributed by atoms with Crippen molar-refractivity contribution >= 4 is 13.3 Å². The lowest BCUT2D eigenvalue weighted by atomic mass is 9.70. The summed E-state index contributed by atoms with van der Waals surface area (Å²) < 4.78 is 41.3. The molecule has 2 aromatic rings. The van der Waals surface area contributed by atoms with E-state index >= 15 is 0 Å². The molecule has 0 amide bonds. The third-order valence-corrected chi connectivity index (χ3v) is 14.1. The zero-order valence-electron chi connectivity index (χ0n) is 20.8. The molecule has 2 aliphatic rings. The Morgan fingerprint density at radius 1 is 0.886 bits per heavy atom. The molecular formula is C29H39F3O2Si. The van der Waals surface area contributed by atoms with Crippen molar-refractivity contribution in [1.29, 1.82) is 0 Å². The van der Waals surface area contributed by atoms with Crippen LogP contribution in [-0.2, 0) is 5.60 Å². The van der Waals surface area contributed by atoms with Gasteiger partial charge in [-0.3, -0.25) is 0 Å². The van der Waals surface area contributed by atoms with Gasteiger partial charge in [-0.15, -0.1) is 13.2 Å². The highest BCUT2D eigenvalue weighted by Crippen LogP contribution is 2.47. The van der Waals surface area contributed by atoms with E-state index < -0.39 is 20.0 Å². The average Bonchev–Trinajstić information content (AvgIpc) is 2.85. The number of hydrogen-bond acceptors (Lipinski definition) is 2. The third-order valence-electron chi connectivity index (χ3n) is 8.78. The molecule has 0 radical (unpaired) electrons. The number of unbranched alkanes of at least 4 members (excludes halogenated alkanes) is 2. The van der Waals surface area contributed by atoms with Crippen molar-refractivity contribution in [2.45, 2.75) is 94.8 Å². The zero-order chi connectivity index (χ0) is 24.9. The number of halogens is 3. The number of ether oxygens (including phenoxy) is 1. The number of hydrogen-bond donors (Lipinski definition) is 1. The van der Waals surface area contributed by atoms with Crippen molar-refractivity contribution in [2.75, 3.05) is 0 Å². The summed E-state index contributed by atoms with van der Waals surface area (Å²) in [6.07, 6.45) is 5.17. The highest BCUT2D eigenvalue weighted by molar-refractivity contribution is 6.92. The van der Waals surface area contributed by atoms with Crippen LogP contribution in [0.2, 0.25) is 18.1 Å². The lowest BCUT2D eigenvalue weighted by molar-refractivity contribution is -0.274. The molecule has 1 saturated heterocycles. The zero-order valence-corrected chi connectivity index (χ0v) is 21.8. The Hall–Kier alpha value is -1.79. The van der Waals surface area contributed by atoms with Gasteiger partial charge in [0, 0.05) is 0 Å². The summed E-state index contributed by atoms with van der Waals surface area (Å²) in [5, 5.41) is 12.9. The van der Waals surface area contributed by atoms with Gasteiger partial charge in [0.25, 0.3) is 0 Å². The normalized spacial score (nSPS) is 29.6. The van der Waals surface area contributed by atoms with Crippen LogP contribution >= 0.6 is 0 Å². The van der Waals surface area contributed by atoms with Crippen LogP contribution in [0.1, 0.15) is 70.3 Å². The van der Waals surface area contributed by atoms with Crippen LogP contribution < -0.4 is 9.92 Å². The predicted octanol–water partition coefficient (Wildman–Crippen LogP) is 7.92. The minimum absolute atomic E-state index is 0.245. The molecule has 192 valence electrons. The van der Waals surface area contributed by atoms with E-state index in [1.54, 1.807) is 17.3 Å². The fourth-order valence-electron chi connectivity index (χ4n) is 6.70. The summed E-state index contributed by atoms with van der Waals surface area (Å²) in [5.74, 6) is 1.13. The van der Waals surface area contributed by atoms with Crippen molar-refractivity contribution in [3.63, 3.8) is 0 Å². The molecule has 0 unspecified atom stereocenters. The first-order valence-corrected chi connectivity index (χ1v) is 16.0. The summed E-state index contributed by atoms with van der Waals surface area (Å²) in [5.41, 5.74) is -0.259. The molecule has 1 N–H and O–H groups in total. The van der Waals surface area contributed by atoms with Crippen LogP contribution in [-0.4, -0.2) is 19.5 Å². The maximum Gasteiger partial charge on any atom is 0.573 e. The first-order valence-electron chi connectivity index (χ1n) is 13.4. The fraction of sp³-hybridized carbons (Fsp3) is 0.586. The minimum Gasteiger partial charge on any atom is -0.406 e. The summed E-state index contributed by atoms with van der Waals surface area (Å²) in [6.45, 7) is 2.28. The van der Waals surface area contributed by atoms with Crippen LogP contribution in [0.25, 0.3) is 0 Å². The lowest BCUT2D eigenvalue weighted by Gasteiger charge is -2.45. The van der Waals surface area contributed by atoms with Crippen molar-refractivity contribution in [1.82, 2.24) is 0 Å². The molecule has 1 aliphatic carbocycles. The summed E-state index contributed by atoms with van der Waals surface area (Å²) in [7, 11) is -1.45. The van der Waals surface area contributed by atoms with Gasteiger partial charge in [-0.2, -0.15) is 0 Å². The molecule has 1 saturated carbocycles. The van der Waals surface area contributed by atoms with Crippen molar-refractivity contribution < 1.29 is 23.0 Å². The largest absolute Gasteiger partial charge is 0.573 e. The van der Waals surface area contributed by atoms with Gasteiger partial charge in [-0.05, 0) is 55.2 Å². The first-order chi connectivity index (χ1) is 16.7. The second-order valence-electron chi connectivity index (χ2n) is 10.9. The van der Waals surface area contributed by atoms with Crippen LogP contribution in [0.4, 0.5) is 13.2 Å². The average molecular weight is 505 g/mol. The highest BCUT2D eigenvalue weighted by atomic mass is 28.3. The molecule has 4 rings (SSSR count). The van der Waals surface area contributed by atoms with Gasteiger partial charge in [-0.1, -0.05) is 105 Å². The predicted molar refractivity (Wildman–Crippen MR) is 137 cm³/mol. The van der Waals surface area contributed by atoms with Crippen LogP contribution in [0.3, 0.4) is 0 Å². The van der Waals surface area contributed by atoms with E-state index in [2.05, 4.69) is 42.0 Å². The molecule has 1 heterocycles. The van der Waals surface area contributed by atoms with Crippen LogP contribution in [0, 0.1) is 11.8 Å². The summed E-state index contributed by atoms with van der Waals surface area (Å²) in [6, 6.07) is 21.3.